The Labute approximate surface area is 83.9 Å². The summed E-state index contributed by atoms with van der Waals surface area (Å²) in [5.41, 5.74) is 7.70. The highest BCUT2D eigenvalue weighted by Gasteiger charge is 2.09. The summed E-state index contributed by atoms with van der Waals surface area (Å²) in [5.74, 6) is 0.690. The molecule has 76 valence electrons. The molecule has 0 heterocycles. The zero-order valence-electron chi connectivity index (χ0n) is 8.76. The maximum absolute atomic E-state index is 11.2. The molecule has 0 aliphatic heterocycles. The van der Waals surface area contributed by atoms with E-state index < -0.39 is 0 Å². The van der Waals surface area contributed by atoms with Gasteiger partial charge in [-0.1, -0.05) is 0 Å². The molecule has 0 bridgehead atoms. The average molecular weight is 193 g/mol. The Hall–Kier alpha value is -1.51. The molecule has 0 amide bonds. The molecule has 2 N–H and O–H groups in total. The van der Waals surface area contributed by atoms with Gasteiger partial charge >= 0.3 is 0 Å². The molecular weight excluding hydrogens is 178 g/mol. The minimum absolute atomic E-state index is 0.0385. The van der Waals surface area contributed by atoms with Crippen molar-refractivity contribution in [2.45, 2.75) is 20.8 Å². The van der Waals surface area contributed by atoms with Gasteiger partial charge < -0.3 is 10.5 Å². The van der Waals surface area contributed by atoms with E-state index in [1.165, 1.54) is 6.92 Å². The molecule has 1 aromatic carbocycles. The van der Waals surface area contributed by atoms with Crippen molar-refractivity contribution in [1.29, 1.82) is 0 Å². The number of carbonyl (C=O) groups is 1. The van der Waals surface area contributed by atoms with E-state index in [2.05, 4.69) is 0 Å². The first kappa shape index (κ1) is 10.6. The fourth-order valence-corrected chi connectivity index (χ4v) is 1.33. The maximum Gasteiger partial charge on any atom is 0.162 e. The van der Waals surface area contributed by atoms with Gasteiger partial charge in [0.1, 0.15) is 5.75 Å². The van der Waals surface area contributed by atoms with Crippen molar-refractivity contribution in [1.82, 2.24) is 0 Å². The van der Waals surface area contributed by atoms with E-state index >= 15 is 0 Å². The number of hydrogen-bond donors (Lipinski definition) is 1. The van der Waals surface area contributed by atoms with E-state index in [0.717, 1.165) is 11.3 Å². The molecule has 1 rings (SSSR count). The number of rotatable bonds is 3. The van der Waals surface area contributed by atoms with E-state index in [4.69, 9.17) is 10.5 Å². The van der Waals surface area contributed by atoms with Gasteiger partial charge in [-0.2, -0.15) is 0 Å². The van der Waals surface area contributed by atoms with Gasteiger partial charge in [0.25, 0.3) is 0 Å². The van der Waals surface area contributed by atoms with Crippen LogP contribution in [-0.2, 0) is 0 Å². The predicted octanol–water partition coefficient (Wildman–Crippen LogP) is 2.18. The number of aryl methyl sites for hydroxylation is 1. The third-order valence-electron chi connectivity index (χ3n) is 2.03. The number of ketones is 1. The normalized spacial score (nSPS) is 9.93. The van der Waals surface area contributed by atoms with Gasteiger partial charge in [0, 0.05) is 11.3 Å². The average Bonchev–Trinajstić information content (AvgIpc) is 2.09. The molecule has 0 aromatic heterocycles. The van der Waals surface area contributed by atoms with Crippen molar-refractivity contribution in [3.8, 4) is 5.75 Å². The Bertz CT molecular complexity index is 359. The molecule has 0 fully saturated rings. The largest absolute Gasteiger partial charge is 0.494 e. The van der Waals surface area contributed by atoms with Crippen LogP contribution in [0.3, 0.4) is 0 Å². The van der Waals surface area contributed by atoms with E-state index in [1.807, 2.05) is 13.8 Å². The lowest BCUT2D eigenvalue weighted by atomic mass is 10.1. The summed E-state index contributed by atoms with van der Waals surface area (Å²) in [6.45, 7) is 5.90. The number of ether oxygens (including phenoxy) is 1. The summed E-state index contributed by atoms with van der Waals surface area (Å²) in [5, 5.41) is 0. The first-order chi connectivity index (χ1) is 6.56. The Balaban J connectivity index is 3.20. The van der Waals surface area contributed by atoms with Gasteiger partial charge in [-0.15, -0.1) is 0 Å². The molecule has 14 heavy (non-hydrogen) atoms. The van der Waals surface area contributed by atoms with Crippen LogP contribution < -0.4 is 10.5 Å². The lowest BCUT2D eigenvalue weighted by molar-refractivity contribution is 0.101. The van der Waals surface area contributed by atoms with Crippen LogP contribution in [0.2, 0.25) is 0 Å². The number of nitrogens with two attached hydrogens (primary N) is 1. The minimum Gasteiger partial charge on any atom is -0.494 e. The smallest absolute Gasteiger partial charge is 0.162 e. The summed E-state index contributed by atoms with van der Waals surface area (Å²) in [6, 6.07) is 3.47. The molecule has 0 atom stereocenters. The number of Topliss-reactive ketones (excluding diaryl/α,β-unsaturated/α-hetero) is 1. The fourth-order valence-electron chi connectivity index (χ4n) is 1.33. The van der Waals surface area contributed by atoms with Crippen molar-refractivity contribution < 1.29 is 9.53 Å². The van der Waals surface area contributed by atoms with E-state index in [-0.39, 0.29) is 5.78 Å². The highest BCUT2D eigenvalue weighted by Crippen LogP contribution is 2.25. The number of benzene rings is 1. The summed E-state index contributed by atoms with van der Waals surface area (Å²) in [7, 11) is 0. The first-order valence-electron chi connectivity index (χ1n) is 4.60. The van der Waals surface area contributed by atoms with Crippen LogP contribution in [0.15, 0.2) is 12.1 Å². The van der Waals surface area contributed by atoms with Crippen molar-refractivity contribution >= 4 is 11.5 Å². The number of carbonyl (C=O) groups excluding carboxylic acids is 1. The topological polar surface area (TPSA) is 52.3 Å². The van der Waals surface area contributed by atoms with Gasteiger partial charge in [-0.25, -0.2) is 0 Å². The maximum atomic E-state index is 11.2. The molecule has 3 heteroatoms. The highest BCUT2D eigenvalue weighted by molar-refractivity contribution is 5.99. The summed E-state index contributed by atoms with van der Waals surface area (Å²) in [6.07, 6.45) is 0. The van der Waals surface area contributed by atoms with Crippen LogP contribution in [0.5, 0.6) is 5.75 Å². The molecule has 0 radical (unpaired) electrons. The summed E-state index contributed by atoms with van der Waals surface area (Å²) in [4.78, 5) is 11.2. The molecule has 0 aliphatic rings. The standard InChI is InChI=1S/C11H15NO2/c1-4-14-11-6-9(8(3)13)10(12)5-7(11)2/h5-6H,4,12H2,1-3H3. The first-order valence-corrected chi connectivity index (χ1v) is 4.60. The van der Waals surface area contributed by atoms with Gasteiger partial charge in [-0.05, 0) is 38.5 Å². The SMILES string of the molecule is CCOc1cc(C(C)=O)c(N)cc1C. The van der Waals surface area contributed by atoms with Crippen LogP contribution in [0, 0.1) is 6.92 Å². The molecule has 3 nitrogen and oxygen atoms in total. The third-order valence-corrected chi connectivity index (χ3v) is 2.03. The molecule has 0 saturated carbocycles. The van der Waals surface area contributed by atoms with Crippen molar-refractivity contribution in [3.05, 3.63) is 23.3 Å². The molecular formula is C11H15NO2. The zero-order chi connectivity index (χ0) is 10.7. The monoisotopic (exact) mass is 193 g/mol. The van der Waals surface area contributed by atoms with Crippen LogP contribution in [0.1, 0.15) is 29.8 Å². The summed E-state index contributed by atoms with van der Waals surface area (Å²) >= 11 is 0. The fraction of sp³-hybridized carbons (Fsp3) is 0.364. The quantitative estimate of drug-likeness (QED) is 0.591. The van der Waals surface area contributed by atoms with Gasteiger partial charge in [0.05, 0.1) is 6.61 Å². The van der Waals surface area contributed by atoms with Gasteiger partial charge in [0.15, 0.2) is 5.78 Å². The van der Waals surface area contributed by atoms with Crippen molar-refractivity contribution in [2.75, 3.05) is 12.3 Å². The minimum atomic E-state index is -0.0385. The second-order valence-corrected chi connectivity index (χ2v) is 3.19. The summed E-state index contributed by atoms with van der Waals surface area (Å²) < 4.78 is 5.37. The van der Waals surface area contributed by atoms with E-state index in [0.29, 0.717) is 17.9 Å². The number of anilines is 1. The van der Waals surface area contributed by atoms with Crippen LogP contribution in [0.4, 0.5) is 5.69 Å². The lowest BCUT2D eigenvalue weighted by Gasteiger charge is -2.10. The Morgan fingerprint density at radius 2 is 2.14 bits per heavy atom. The molecule has 0 saturated heterocycles. The third kappa shape index (κ3) is 2.05. The van der Waals surface area contributed by atoms with E-state index in [9.17, 15) is 4.79 Å². The second kappa shape index (κ2) is 4.13. The van der Waals surface area contributed by atoms with E-state index in [1.54, 1.807) is 12.1 Å². The van der Waals surface area contributed by atoms with Crippen LogP contribution >= 0.6 is 0 Å². The zero-order valence-corrected chi connectivity index (χ0v) is 8.76. The van der Waals surface area contributed by atoms with Crippen LogP contribution in [-0.4, -0.2) is 12.4 Å². The highest BCUT2D eigenvalue weighted by atomic mass is 16.5. The molecule has 1 aromatic rings. The van der Waals surface area contributed by atoms with Crippen molar-refractivity contribution in [3.63, 3.8) is 0 Å². The second-order valence-electron chi connectivity index (χ2n) is 3.19. The van der Waals surface area contributed by atoms with Gasteiger partial charge in [-0.3, -0.25) is 4.79 Å². The Morgan fingerprint density at radius 3 is 2.64 bits per heavy atom. The Morgan fingerprint density at radius 1 is 1.50 bits per heavy atom. The molecule has 0 unspecified atom stereocenters. The predicted molar refractivity (Wildman–Crippen MR) is 56.8 cm³/mol. The Kier molecular flexibility index (Phi) is 3.12. The molecule has 0 aliphatic carbocycles. The van der Waals surface area contributed by atoms with Crippen molar-refractivity contribution in [2.24, 2.45) is 0 Å². The van der Waals surface area contributed by atoms with Gasteiger partial charge in [0.2, 0.25) is 0 Å². The van der Waals surface area contributed by atoms with Crippen LogP contribution in [0.25, 0.3) is 0 Å². The lowest BCUT2D eigenvalue weighted by Crippen LogP contribution is -2.03. The molecule has 0 spiro atoms. The number of nitrogen functional groups attached to an aromatic ring is 1. The number of hydrogen-bond acceptors (Lipinski definition) is 3.